The van der Waals surface area contributed by atoms with Crippen LogP contribution in [0.2, 0.25) is 0 Å². The van der Waals surface area contributed by atoms with Crippen LogP contribution in [0.3, 0.4) is 0 Å². The maximum absolute atomic E-state index is 11.3. The van der Waals surface area contributed by atoms with Crippen molar-refractivity contribution >= 4 is 30.5 Å². The van der Waals surface area contributed by atoms with E-state index in [1.165, 1.54) is 3.63 Å². The molecule has 0 aliphatic heterocycles. The molecule has 0 N–H and O–H groups in total. The summed E-state index contributed by atoms with van der Waals surface area (Å²) in [5.41, 5.74) is 0. The Balaban J connectivity index is 4.97. The van der Waals surface area contributed by atoms with Crippen molar-refractivity contribution in [3.05, 3.63) is 0 Å². The summed E-state index contributed by atoms with van der Waals surface area (Å²) in [6.07, 6.45) is 0. The second kappa shape index (κ2) is 1.75. The average molecular weight is 243 g/mol. The predicted molar refractivity (Wildman–Crippen MR) is 29.0 cm³/mol. The quantitative estimate of drug-likeness (QED) is 0.552. The first-order valence-electron chi connectivity index (χ1n) is 1.59. The minimum absolute atomic E-state index is 1.52. The van der Waals surface area contributed by atoms with Crippen molar-refractivity contribution < 1.29 is 31.5 Å². The summed E-state index contributed by atoms with van der Waals surface area (Å²) in [7, 11) is -13.0. The molecule has 0 amide bonds. The van der Waals surface area contributed by atoms with Crippen LogP contribution in [-0.2, 0) is 14.1 Å². The van der Waals surface area contributed by atoms with E-state index in [1.807, 2.05) is 0 Å². The Kier molecular flexibility index (Phi) is 1.78. The van der Waals surface area contributed by atoms with E-state index in [2.05, 4.69) is 10.7 Å². The van der Waals surface area contributed by atoms with E-state index < -0.39 is 19.8 Å². The molecule has 0 rings (SSSR count). The molecule has 11 heavy (non-hydrogen) atoms. The van der Waals surface area contributed by atoms with Crippen LogP contribution in [0.4, 0.5) is 19.4 Å². The van der Waals surface area contributed by atoms with Gasteiger partial charge in [-0.15, -0.1) is 3.63 Å². The number of hydrogen-bond donors (Lipinski definition) is 0. The largest absolute Gasteiger partial charge is 0.454 e. The van der Waals surface area contributed by atoms with Crippen molar-refractivity contribution in [2.45, 2.75) is 0 Å². The molecule has 0 saturated heterocycles. The third kappa shape index (κ3) is 10.2. The van der Waals surface area contributed by atoms with Crippen LogP contribution >= 0.6 is 20.0 Å². The smallest absolute Gasteiger partial charge is 0.163 e. The zero-order chi connectivity index (χ0) is 9.62. The lowest BCUT2D eigenvalue weighted by Gasteiger charge is -2.38. The minimum Gasteiger partial charge on any atom is -0.163 e. The Morgan fingerprint density at radius 3 is 1.45 bits per heavy atom. The molecule has 0 saturated carbocycles. The molecule has 3 nitrogen and oxygen atoms in total. The highest BCUT2D eigenvalue weighted by Gasteiger charge is 2.67. The third-order valence-electron chi connectivity index (χ3n) is 0.210. The van der Waals surface area contributed by atoms with Gasteiger partial charge in [0.05, 0.1) is 10.7 Å². The van der Waals surface area contributed by atoms with E-state index in [4.69, 9.17) is 8.42 Å². The first-order valence-corrected chi connectivity index (χ1v) is 5.70. The lowest BCUT2D eigenvalue weighted by molar-refractivity contribution is 0.322. The van der Waals surface area contributed by atoms with Crippen molar-refractivity contribution in [3.8, 4) is 0 Å². The number of rotatable bonds is 2. The fourth-order valence-electron chi connectivity index (χ4n) is 0.154. The lowest BCUT2D eigenvalue weighted by atomic mass is 15.8. The fourth-order valence-corrected chi connectivity index (χ4v) is 1.94. The van der Waals surface area contributed by atoms with Crippen molar-refractivity contribution in [2.24, 2.45) is 0 Å². The summed E-state index contributed by atoms with van der Waals surface area (Å²) in [5, 5.41) is 0. The topological polar surface area (TPSA) is 43.4 Å². The minimum atomic E-state index is -9.67. The van der Waals surface area contributed by atoms with Gasteiger partial charge < -0.3 is 0 Å². The van der Waals surface area contributed by atoms with Crippen molar-refractivity contribution in [2.75, 3.05) is 0 Å². The van der Waals surface area contributed by atoms with Gasteiger partial charge in [-0.05, 0) is 0 Å². The van der Waals surface area contributed by atoms with Crippen LogP contribution in [0, 0.1) is 0 Å². The molecule has 0 spiro atoms. The van der Waals surface area contributed by atoms with Gasteiger partial charge in [-0.2, -0.15) is 8.42 Å². The van der Waals surface area contributed by atoms with E-state index in [-0.39, 0.29) is 0 Å². The standard InChI is InChI=1S/ClF5O3S2/c1-11(3,4,5,6)9-10(2,7)8. The molecule has 0 bridgehead atoms. The Bertz CT molecular complexity index is 256. The normalized spacial score (nSPS) is 20.5. The van der Waals surface area contributed by atoms with E-state index in [1.54, 1.807) is 0 Å². The van der Waals surface area contributed by atoms with Crippen molar-refractivity contribution in [3.63, 3.8) is 0 Å². The van der Waals surface area contributed by atoms with Crippen LogP contribution in [-0.4, -0.2) is 8.42 Å². The highest BCUT2D eigenvalue weighted by Crippen LogP contribution is 3.01. The molecule has 0 aliphatic carbocycles. The van der Waals surface area contributed by atoms with Gasteiger partial charge in [0.1, 0.15) is 0 Å². The zero-order valence-corrected chi connectivity index (χ0v) is 6.70. The van der Waals surface area contributed by atoms with Crippen LogP contribution in [0.5, 0.6) is 0 Å². The summed E-state index contributed by atoms with van der Waals surface area (Å²) >= 11 is 0. The predicted octanol–water partition coefficient (Wildman–Crippen LogP) is 2.70. The molecular weight excluding hydrogens is 243 g/mol. The summed E-state index contributed by atoms with van der Waals surface area (Å²) in [5.74, 6) is 0. The van der Waals surface area contributed by atoms with E-state index >= 15 is 0 Å². The Morgan fingerprint density at radius 2 is 1.45 bits per heavy atom. The molecule has 72 valence electrons. The summed E-state index contributed by atoms with van der Waals surface area (Å²) < 4.78 is 76.1. The Labute approximate surface area is 62.6 Å². The zero-order valence-electron chi connectivity index (χ0n) is 4.31. The molecule has 11 heteroatoms. The monoisotopic (exact) mass is 242 g/mol. The maximum atomic E-state index is 11.3. The molecule has 0 radical (unpaired) electrons. The van der Waals surface area contributed by atoms with Crippen molar-refractivity contribution in [1.82, 2.24) is 0 Å². The van der Waals surface area contributed by atoms with Gasteiger partial charge in [0.2, 0.25) is 0 Å². The molecule has 0 aliphatic rings. The van der Waals surface area contributed by atoms with Crippen LogP contribution < -0.4 is 0 Å². The highest BCUT2D eigenvalue weighted by atomic mass is 35.7. The van der Waals surface area contributed by atoms with E-state index in [0.717, 1.165) is 0 Å². The summed E-state index contributed by atoms with van der Waals surface area (Å²) in [6.45, 7) is 0. The third-order valence-corrected chi connectivity index (χ3v) is 2.35. The second-order valence-electron chi connectivity index (χ2n) is 1.36. The highest BCUT2D eigenvalue weighted by molar-refractivity contribution is 8.64. The SMILES string of the molecule is O=S(=O)(F)OS(F)(F)(F)(F)Cl. The first-order chi connectivity index (χ1) is 4.18. The molecular formula is ClF5O3S2. The van der Waals surface area contributed by atoms with E-state index in [0.29, 0.717) is 0 Å². The molecule has 0 atom stereocenters. The Morgan fingerprint density at radius 1 is 1.18 bits per heavy atom. The second-order valence-corrected chi connectivity index (χ2v) is 6.26. The van der Waals surface area contributed by atoms with Gasteiger partial charge in [-0.1, -0.05) is 19.4 Å². The van der Waals surface area contributed by atoms with Crippen LogP contribution in [0.15, 0.2) is 0 Å². The van der Waals surface area contributed by atoms with Gasteiger partial charge in [0, 0.05) is 0 Å². The molecule has 0 aromatic carbocycles. The van der Waals surface area contributed by atoms with Crippen LogP contribution in [0.25, 0.3) is 0 Å². The summed E-state index contributed by atoms with van der Waals surface area (Å²) in [6, 6.07) is 0. The average Bonchev–Trinajstić information content (AvgIpc) is 1.05. The lowest BCUT2D eigenvalue weighted by Crippen LogP contribution is -2.12. The number of halogens is 6. The summed E-state index contributed by atoms with van der Waals surface area (Å²) in [4.78, 5) is 0. The van der Waals surface area contributed by atoms with Gasteiger partial charge in [0.15, 0.2) is 0 Å². The Hall–Kier alpha value is 0.200. The number of hydrogen-bond acceptors (Lipinski definition) is 3. The molecule has 0 aromatic rings. The van der Waals surface area contributed by atoms with Gasteiger partial charge in [-0.3, -0.25) is 0 Å². The molecule has 0 heterocycles. The van der Waals surface area contributed by atoms with Gasteiger partial charge in [-0.25, -0.2) is 0 Å². The molecule has 0 fully saturated rings. The first kappa shape index (κ1) is 11.2. The van der Waals surface area contributed by atoms with Gasteiger partial charge in [0.25, 0.3) is 0 Å². The van der Waals surface area contributed by atoms with E-state index in [9.17, 15) is 19.4 Å². The molecule has 0 unspecified atom stereocenters. The molecule has 0 aromatic heterocycles. The maximum Gasteiger partial charge on any atom is 0.454 e. The fraction of sp³-hybridized carbons (Fsp3) is 0. The van der Waals surface area contributed by atoms with Gasteiger partial charge >= 0.3 is 19.8 Å². The van der Waals surface area contributed by atoms with Crippen LogP contribution in [0.1, 0.15) is 0 Å². The van der Waals surface area contributed by atoms with Crippen molar-refractivity contribution in [1.29, 1.82) is 0 Å².